The molecule has 1 amide bonds. The molecule has 0 saturated carbocycles. The van der Waals surface area contributed by atoms with Crippen molar-refractivity contribution in [3.63, 3.8) is 0 Å². The average molecular weight is 418 g/mol. The number of alkyl carbamates (subject to hydrolysis) is 1. The van der Waals surface area contributed by atoms with E-state index in [0.29, 0.717) is 48.0 Å². The third kappa shape index (κ3) is 5.62. The molecule has 0 atom stereocenters. The Balaban J connectivity index is 2.10. The molecule has 1 heterocycles. The largest absolute Gasteiger partial charge is 0.493 e. The van der Waals surface area contributed by atoms with Gasteiger partial charge in [0.05, 0.1) is 31.9 Å². The lowest BCUT2D eigenvalue weighted by Gasteiger charge is -2.16. The summed E-state index contributed by atoms with van der Waals surface area (Å²) in [5.41, 5.74) is 1.26. The van der Waals surface area contributed by atoms with Gasteiger partial charge in [0.15, 0.2) is 22.8 Å². The van der Waals surface area contributed by atoms with E-state index < -0.39 is 6.09 Å². The van der Waals surface area contributed by atoms with Crippen molar-refractivity contribution >= 4 is 28.8 Å². The van der Waals surface area contributed by atoms with Crippen LogP contribution in [0.4, 0.5) is 10.6 Å². The summed E-state index contributed by atoms with van der Waals surface area (Å²) >= 11 is 0. The number of carbonyl (C=O) groups is 1. The average Bonchev–Trinajstić information content (AvgIpc) is 2.73. The molecule has 0 fully saturated rings. The zero-order valence-corrected chi connectivity index (χ0v) is 17.9. The maximum Gasteiger partial charge on any atom is 0.407 e. The van der Waals surface area contributed by atoms with Crippen LogP contribution in [-0.4, -0.2) is 55.4 Å². The monoisotopic (exact) mass is 418 g/mol. The Morgan fingerprint density at radius 3 is 2.47 bits per heavy atom. The maximum absolute atomic E-state index is 11.4. The van der Waals surface area contributed by atoms with Gasteiger partial charge in [-0.15, -0.1) is 0 Å². The zero-order chi connectivity index (χ0) is 22.1. The molecular weight excluding hydrogens is 388 g/mol. The number of unbranched alkanes of at least 4 members (excludes halogenated alkanes) is 1. The van der Waals surface area contributed by atoms with E-state index in [-0.39, 0.29) is 11.3 Å². The molecule has 1 aromatic carbocycles. The molecule has 2 aromatic rings. The van der Waals surface area contributed by atoms with Crippen LogP contribution >= 0.6 is 0 Å². The lowest BCUT2D eigenvalue weighted by Crippen LogP contribution is -2.29. The number of nitrogens with one attached hydrogen (secondary N) is 4. The van der Waals surface area contributed by atoms with Gasteiger partial charge >= 0.3 is 6.09 Å². The summed E-state index contributed by atoms with van der Waals surface area (Å²) in [6.07, 6.45) is 1.91. The number of rotatable bonds is 10. The van der Waals surface area contributed by atoms with E-state index >= 15 is 0 Å². The Hall–Kier alpha value is -3.30. The fourth-order valence-electron chi connectivity index (χ4n) is 2.89. The highest BCUT2D eigenvalue weighted by Gasteiger charge is 2.14. The lowest BCUT2D eigenvalue weighted by molar-refractivity contribution is 0.146. The Morgan fingerprint density at radius 1 is 1.17 bits per heavy atom. The number of methoxy groups -OCH3 is 2. The van der Waals surface area contributed by atoms with Crippen LogP contribution in [0, 0.1) is 10.8 Å². The molecule has 0 spiro atoms. The summed E-state index contributed by atoms with van der Waals surface area (Å²) in [6.45, 7) is 5.05. The minimum atomic E-state index is -0.402. The summed E-state index contributed by atoms with van der Waals surface area (Å²) in [7, 11) is 3.08. The molecule has 10 heteroatoms. The number of benzene rings is 1. The number of carbonyl (C=O) groups excluding carboxylic acids is 1. The number of fused-ring (bicyclic) bond motifs is 1. The van der Waals surface area contributed by atoms with E-state index in [4.69, 9.17) is 25.0 Å². The molecule has 0 radical (unpaired) electrons. The minimum absolute atomic E-state index is 0.0866. The second kappa shape index (κ2) is 11.0. The van der Waals surface area contributed by atoms with E-state index in [1.807, 2.05) is 6.92 Å². The Labute approximate surface area is 175 Å². The van der Waals surface area contributed by atoms with Crippen molar-refractivity contribution in [3.05, 3.63) is 17.6 Å². The molecule has 0 aliphatic carbocycles. The van der Waals surface area contributed by atoms with Gasteiger partial charge in [0.1, 0.15) is 5.84 Å². The van der Waals surface area contributed by atoms with Crippen LogP contribution in [0.15, 0.2) is 12.1 Å². The fourth-order valence-corrected chi connectivity index (χ4v) is 2.89. The molecule has 0 saturated heterocycles. The van der Waals surface area contributed by atoms with Crippen LogP contribution in [0.1, 0.15) is 33.1 Å². The van der Waals surface area contributed by atoms with Crippen LogP contribution in [0.2, 0.25) is 0 Å². The predicted octanol–water partition coefficient (Wildman–Crippen LogP) is 2.71. The second-order valence-electron chi connectivity index (χ2n) is 6.62. The van der Waals surface area contributed by atoms with Gasteiger partial charge in [-0.1, -0.05) is 6.92 Å². The number of ether oxygens (including phenoxy) is 3. The minimum Gasteiger partial charge on any atom is -0.493 e. The Bertz CT molecular complexity index is 956. The van der Waals surface area contributed by atoms with Crippen LogP contribution in [0.3, 0.4) is 0 Å². The standard InChI is InChI=1S/C20H30N6O4/c1-5-10-30-20(27)24-9-7-6-8-23-19-18(22)26(13(2)21)15-12-17(29-4)16(28-3)11-14(15)25-19/h11-12,21-22H,5-10H2,1-4H3,(H,23,25)(H,24,27). The molecule has 0 aliphatic rings. The zero-order valence-electron chi connectivity index (χ0n) is 17.9. The topological polar surface area (TPSA) is 134 Å². The Morgan fingerprint density at radius 2 is 1.83 bits per heavy atom. The van der Waals surface area contributed by atoms with E-state index in [1.54, 1.807) is 26.2 Å². The summed E-state index contributed by atoms with van der Waals surface area (Å²) in [4.78, 5) is 15.9. The maximum atomic E-state index is 11.4. The van der Waals surface area contributed by atoms with Crippen LogP contribution in [-0.2, 0) is 4.74 Å². The molecule has 30 heavy (non-hydrogen) atoms. The quantitative estimate of drug-likeness (QED) is 0.266. The molecule has 0 aliphatic heterocycles. The smallest absolute Gasteiger partial charge is 0.407 e. The first-order valence-corrected chi connectivity index (χ1v) is 9.86. The molecule has 10 nitrogen and oxygen atoms in total. The molecule has 1 aromatic heterocycles. The lowest BCUT2D eigenvalue weighted by atomic mass is 10.2. The molecule has 4 N–H and O–H groups in total. The third-order valence-electron chi connectivity index (χ3n) is 4.34. The van der Waals surface area contributed by atoms with E-state index in [9.17, 15) is 4.79 Å². The van der Waals surface area contributed by atoms with E-state index in [2.05, 4.69) is 15.6 Å². The Kier molecular flexibility index (Phi) is 8.45. The second-order valence-corrected chi connectivity index (χ2v) is 6.62. The highest BCUT2D eigenvalue weighted by Crippen LogP contribution is 2.31. The molecule has 2 rings (SSSR count). The highest BCUT2D eigenvalue weighted by molar-refractivity contribution is 5.92. The van der Waals surface area contributed by atoms with Crippen molar-refractivity contribution < 1.29 is 19.0 Å². The van der Waals surface area contributed by atoms with Gasteiger partial charge in [0.25, 0.3) is 0 Å². The SMILES string of the molecule is CCCOC(=O)NCCCCNc1nc2cc(OC)c(OC)cc2n(C(C)=N)c1=N. The van der Waals surface area contributed by atoms with Crippen molar-refractivity contribution in [3.8, 4) is 11.5 Å². The number of nitrogens with zero attached hydrogens (tertiary/aromatic N) is 2. The van der Waals surface area contributed by atoms with Crippen LogP contribution < -0.4 is 25.6 Å². The van der Waals surface area contributed by atoms with Crippen molar-refractivity contribution in [1.82, 2.24) is 14.9 Å². The number of anilines is 1. The van der Waals surface area contributed by atoms with E-state index in [1.165, 1.54) is 11.7 Å². The fraction of sp³-hybridized carbons (Fsp3) is 0.500. The number of aromatic nitrogens is 2. The van der Waals surface area contributed by atoms with E-state index in [0.717, 1.165) is 19.3 Å². The summed E-state index contributed by atoms with van der Waals surface area (Å²) < 4.78 is 17.1. The van der Waals surface area contributed by atoms with Crippen LogP contribution in [0.25, 0.3) is 11.0 Å². The van der Waals surface area contributed by atoms with Crippen molar-refractivity contribution in [2.45, 2.75) is 33.1 Å². The molecular formula is C20H30N6O4. The molecule has 164 valence electrons. The van der Waals surface area contributed by atoms with Gasteiger partial charge in [-0.3, -0.25) is 15.4 Å². The summed E-state index contributed by atoms with van der Waals surface area (Å²) in [5, 5.41) is 22.4. The van der Waals surface area contributed by atoms with Gasteiger partial charge in [-0.2, -0.15) is 0 Å². The van der Waals surface area contributed by atoms with Gasteiger partial charge in [-0.25, -0.2) is 9.78 Å². The predicted molar refractivity (Wildman–Crippen MR) is 115 cm³/mol. The normalized spacial score (nSPS) is 10.5. The van der Waals surface area contributed by atoms with Crippen molar-refractivity contribution in [1.29, 1.82) is 10.8 Å². The third-order valence-corrected chi connectivity index (χ3v) is 4.34. The van der Waals surface area contributed by atoms with Gasteiger partial charge in [0.2, 0.25) is 0 Å². The highest BCUT2D eigenvalue weighted by atomic mass is 16.5. The number of hydrogen-bond donors (Lipinski definition) is 4. The number of amides is 1. The van der Waals surface area contributed by atoms with Crippen molar-refractivity contribution in [2.75, 3.05) is 39.2 Å². The molecule has 0 bridgehead atoms. The first-order valence-electron chi connectivity index (χ1n) is 9.86. The van der Waals surface area contributed by atoms with Gasteiger partial charge in [-0.05, 0) is 26.2 Å². The van der Waals surface area contributed by atoms with Crippen LogP contribution in [0.5, 0.6) is 11.5 Å². The van der Waals surface area contributed by atoms with Crippen molar-refractivity contribution in [2.24, 2.45) is 0 Å². The van der Waals surface area contributed by atoms with Gasteiger partial charge < -0.3 is 24.8 Å². The first-order chi connectivity index (χ1) is 14.4. The molecule has 0 unspecified atom stereocenters. The number of hydrogen-bond acceptors (Lipinski definition) is 8. The first kappa shape index (κ1) is 23.0. The summed E-state index contributed by atoms with van der Waals surface area (Å²) in [5.74, 6) is 1.59. The summed E-state index contributed by atoms with van der Waals surface area (Å²) in [6, 6.07) is 3.44. The van der Waals surface area contributed by atoms with Gasteiger partial charge in [0, 0.05) is 25.2 Å².